The first kappa shape index (κ1) is 14.0. The van der Waals surface area contributed by atoms with Crippen molar-refractivity contribution in [2.24, 2.45) is 0 Å². The topological polar surface area (TPSA) is 30.5 Å². The van der Waals surface area contributed by atoms with Crippen molar-refractivity contribution in [3.05, 3.63) is 59.2 Å². The molecule has 110 valence electrons. The highest BCUT2D eigenvalue weighted by Crippen LogP contribution is 2.34. The number of para-hydroxylation sites is 1. The largest absolute Gasteiger partial charge is 0.493 e. The lowest BCUT2D eigenvalue weighted by molar-refractivity contribution is 0.226. The molecule has 21 heavy (non-hydrogen) atoms. The minimum Gasteiger partial charge on any atom is -0.493 e. The molecule has 0 unspecified atom stereocenters. The standard InChI is InChI=1S/C18H21NO2/c1-13-6-8-14(9-7-13)11-19-16-10-15-4-3-5-17(20-2)18(15)21-12-16/h3-9,16,19H,10-12H2,1-2H3/t16-/m0/s1. The first-order chi connectivity index (χ1) is 10.3. The molecule has 0 radical (unpaired) electrons. The Morgan fingerprint density at radius 1 is 1.19 bits per heavy atom. The molecule has 1 heterocycles. The molecule has 1 aliphatic rings. The molecule has 1 aliphatic heterocycles. The van der Waals surface area contributed by atoms with E-state index in [1.807, 2.05) is 12.1 Å². The van der Waals surface area contributed by atoms with E-state index >= 15 is 0 Å². The van der Waals surface area contributed by atoms with Crippen LogP contribution in [0.4, 0.5) is 0 Å². The molecule has 1 N–H and O–H groups in total. The van der Waals surface area contributed by atoms with Crippen molar-refractivity contribution >= 4 is 0 Å². The van der Waals surface area contributed by atoms with E-state index in [1.54, 1.807) is 7.11 Å². The van der Waals surface area contributed by atoms with Crippen LogP contribution in [0, 0.1) is 6.92 Å². The Balaban J connectivity index is 1.63. The lowest BCUT2D eigenvalue weighted by Gasteiger charge is -2.27. The van der Waals surface area contributed by atoms with Crippen LogP contribution in [-0.2, 0) is 13.0 Å². The van der Waals surface area contributed by atoms with Crippen LogP contribution >= 0.6 is 0 Å². The average molecular weight is 283 g/mol. The van der Waals surface area contributed by atoms with Gasteiger partial charge in [0.25, 0.3) is 0 Å². The molecule has 0 aliphatic carbocycles. The van der Waals surface area contributed by atoms with E-state index in [9.17, 15) is 0 Å². The normalized spacial score (nSPS) is 17.0. The molecule has 0 aromatic heterocycles. The summed E-state index contributed by atoms with van der Waals surface area (Å²) in [7, 11) is 1.68. The Kier molecular flexibility index (Phi) is 4.11. The van der Waals surface area contributed by atoms with Gasteiger partial charge >= 0.3 is 0 Å². The molecule has 0 amide bonds. The fourth-order valence-corrected chi connectivity index (χ4v) is 2.65. The van der Waals surface area contributed by atoms with Gasteiger partial charge in [-0.25, -0.2) is 0 Å². The van der Waals surface area contributed by atoms with Crippen LogP contribution in [0.1, 0.15) is 16.7 Å². The number of hydrogen-bond acceptors (Lipinski definition) is 3. The second-order valence-electron chi connectivity index (χ2n) is 5.53. The monoisotopic (exact) mass is 283 g/mol. The molecule has 0 spiro atoms. The van der Waals surface area contributed by atoms with Gasteiger partial charge in [-0.1, -0.05) is 42.0 Å². The smallest absolute Gasteiger partial charge is 0.164 e. The zero-order valence-corrected chi connectivity index (χ0v) is 12.6. The van der Waals surface area contributed by atoms with Crippen LogP contribution in [-0.4, -0.2) is 19.8 Å². The van der Waals surface area contributed by atoms with Crippen molar-refractivity contribution in [2.75, 3.05) is 13.7 Å². The molecule has 3 heteroatoms. The Morgan fingerprint density at radius 3 is 2.76 bits per heavy atom. The van der Waals surface area contributed by atoms with Crippen molar-refractivity contribution in [3.63, 3.8) is 0 Å². The van der Waals surface area contributed by atoms with Crippen molar-refractivity contribution < 1.29 is 9.47 Å². The van der Waals surface area contributed by atoms with Crippen LogP contribution in [0.15, 0.2) is 42.5 Å². The number of fused-ring (bicyclic) bond motifs is 1. The summed E-state index contributed by atoms with van der Waals surface area (Å²) < 4.78 is 11.2. The first-order valence-electron chi connectivity index (χ1n) is 7.34. The summed E-state index contributed by atoms with van der Waals surface area (Å²) in [5, 5.41) is 3.57. The van der Waals surface area contributed by atoms with E-state index in [4.69, 9.17) is 9.47 Å². The maximum Gasteiger partial charge on any atom is 0.164 e. The Hall–Kier alpha value is -2.00. The van der Waals surface area contributed by atoms with Gasteiger partial charge in [0, 0.05) is 12.6 Å². The number of methoxy groups -OCH3 is 1. The summed E-state index contributed by atoms with van der Waals surface area (Å²) in [6.07, 6.45) is 0.971. The highest BCUT2D eigenvalue weighted by molar-refractivity contribution is 5.48. The summed E-state index contributed by atoms with van der Waals surface area (Å²) in [5.41, 5.74) is 3.81. The third-order valence-electron chi connectivity index (χ3n) is 3.89. The Morgan fingerprint density at radius 2 is 2.00 bits per heavy atom. The van der Waals surface area contributed by atoms with Gasteiger partial charge in [-0.2, -0.15) is 0 Å². The van der Waals surface area contributed by atoms with E-state index in [1.165, 1.54) is 16.7 Å². The van der Waals surface area contributed by atoms with Gasteiger partial charge in [0.05, 0.1) is 7.11 Å². The van der Waals surface area contributed by atoms with Gasteiger partial charge in [0.2, 0.25) is 0 Å². The number of hydrogen-bond donors (Lipinski definition) is 1. The summed E-state index contributed by atoms with van der Waals surface area (Å²) in [6.45, 7) is 3.66. The number of ether oxygens (including phenoxy) is 2. The second-order valence-corrected chi connectivity index (χ2v) is 5.53. The van der Waals surface area contributed by atoms with Crippen LogP contribution < -0.4 is 14.8 Å². The zero-order valence-electron chi connectivity index (χ0n) is 12.6. The Bertz CT molecular complexity index is 607. The predicted molar refractivity (Wildman–Crippen MR) is 84.0 cm³/mol. The van der Waals surface area contributed by atoms with Gasteiger partial charge in [-0.3, -0.25) is 0 Å². The number of benzene rings is 2. The van der Waals surface area contributed by atoms with Crippen molar-refractivity contribution in [1.29, 1.82) is 0 Å². The molecule has 0 saturated carbocycles. The molecule has 2 aromatic rings. The van der Waals surface area contributed by atoms with Crippen molar-refractivity contribution in [1.82, 2.24) is 5.32 Å². The van der Waals surface area contributed by atoms with Gasteiger partial charge in [-0.15, -0.1) is 0 Å². The molecule has 3 rings (SSSR count). The molecular formula is C18H21NO2. The molecule has 0 bridgehead atoms. The number of aryl methyl sites for hydroxylation is 1. The van der Waals surface area contributed by atoms with E-state index in [0.717, 1.165) is 24.5 Å². The highest BCUT2D eigenvalue weighted by Gasteiger charge is 2.22. The third kappa shape index (κ3) is 3.19. The summed E-state index contributed by atoms with van der Waals surface area (Å²) in [6, 6.07) is 15.0. The number of rotatable bonds is 4. The lowest BCUT2D eigenvalue weighted by atomic mass is 10.0. The van der Waals surface area contributed by atoms with Crippen LogP contribution in [0.3, 0.4) is 0 Å². The van der Waals surface area contributed by atoms with E-state index in [2.05, 4.69) is 42.6 Å². The van der Waals surface area contributed by atoms with E-state index in [0.29, 0.717) is 12.6 Å². The molecule has 1 atom stereocenters. The number of nitrogens with one attached hydrogen (secondary N) is 1. The quantitative estimate of drug-likeness (QED) is 0.935. The zero-order chi connectivity index (χ0) is 14.7. The predicted octanol–water partition coefficient (Wildman–Crippen LogP) is 3.10. The van der Waals surface area contributed by atoms with Crippen LogP contribution in [0.2, 0.25) is 0 Å². The van der Waals surface area contributed by atoms with Crippen molar-refractivity contribution in [3.8, 4) is 11.5 Å². The molecule has 3 nitrogen and oxygen atoms in total. The fraction of sp³-hybridized carbons (Fsp3) is 0.333. The van der Waals surface area contributed by atoms with Crippen molar-refractivity contribution in [2.45, 2.75) is 25.9 Å². The molecule has 0 saturated heterocycles. The Labute approximate surface area is 125 Å². The molecular weight excluding hydrogens is 262 g/mol. The summed E-state index contributed by atoms with van der Waals surface area (Å²) in [4.78, 5) is 0. The van der Waals surface area contributed by atoms with E-state index < -0.39 is 0 Å². The first-order valence-corrected chi connectivity index (χ1v) is 7.34. The highest BCUT2D eigenvalue weighted by atomic mass is 16.5. The molecule has 2 aromatic carbocycles. The van der Waals surface area contributed by atoms with Gasteiger partial charge < -0.3 is 14.8 Å². The maximum absolute atomic E-state index is 5.88. The minimum absolute atomic E-state index is 0.339. The third-order valence-corrected chi connectivity index (χ3v) is 3.89. The van der Waals surface area contributed by atoms with Gasteiger partial charge in [-0.05, 0) is 30.5 Å². The minimum atomic E-state index is 0.339. The summed E-state index contributed by atoms with van der Waals surface area (Å²) in [5.74, 6) is 1.72. The molecule has 0 fully saturated rings. The van der Waals surface area contributed by atoms with Crippen LogP contribution in [0.5, 0.6) is 11.5 Å². The second kappa shape index (κ2) is 6.19. The van der Waals surface area contributed by atoms with Gasteiger partial charge in [0.15, 0.2) is 11.5 Å². The fourth-order valence-electron chi connectivity index (χ4n) is 2.65. The maximum atomic E-state index is 5.88. The lowest BCUT2D eigenvalue weighted by Crippen LogP contribution is -2.38. The van der Waals surface area contributed by atoms with E-state index in [-0.39, 0.29) is 0 Å². The SMILES string of the molecule is COc1cccc2c1OC[C@@H](NCc1ccc(C)cc1)C2. The average Bonchev–Trinajstić information content (AvgIpc) is 2.53. The van der Waals surface area contributed by atoms with Gasteiger partial charge in [0.1, 0.15) is 6.61 Å². The van der Waals surface area contributed by atoms with Crippen LogP contribution in [0.25, 0.3) is 0 Å². The summed E-state index contributed by atoms with van der Waals surface area (Å²) >= 11 is 0.